The van der Waals surface area contributed by atoms with Gasteiger partial charge in [-0.25, -0.2) is 9.37 Å². The number of amidine groups is 1. The minimum absolute atomic E-state index is 0.0658. The van der Waals surface area contributed by atoms with Crippen LogP contribution in [0.15, 0.2) is 48.9 Å². The first-order valence-electron chi connectivity index (χ1n) is 5.22. The first-order chi connectivity index (χ1) is 9.52. The zero-order valence-electron chi connectivity index (χ0n) is 9.80. The summed E-state index contributed by atoms with van der Waals surface area (Å²) in [4.78, 5) is 17.8. The van der Waals surface area contributed by atoms with Gasteiger partial charge in [0.1, 0.15) is 0 Å². The van der Waals surface area contributed by atoms with Gasteiger partial charge in [-0.3, -0.25) is 4.79 Å². The monoisotopic (exact) mass is 358 g/mol. The number of nitrogens with one attached hydrogen (secondary N) is 1. The minimum Gasteiger partial charge on any atom is -0.409 e. The number of rotatable bonds is 3. The Morgan fingerprint density at radius 3 is 2.90 bits per heavy atom. The molecule has 0 atom stereocenters. The summed E-state index contributed by atoms with van der Waals surface area (Å²) in [6, 6.07) is 4.20. The third-order valence-corrected chi connectivity index (χ3v) is 4.00. The zero-order chi connectivity index (χ0) is 14.7. The smallest absolute Gasteiger partial charge is 0.251 e. The van der Waals surface area contributed by atoms with Crippen LogP contribution >= 0.6 is 27.7 Å². The Balaban J connectivity index is 2.40. The normalized spacial score (nSPS) is 11.6. The maximum Gasteiger partial charge on any atom is 0.251 e. The lowest BCUT2D eigenvalue weighted by Crippen LogP contribution is -2.14. The van der Waals surface area contributed by atoms with E-state index in [1.165, 1.54) is 24.4 Å². The molecule has 2 aromatic rings. The Hall–Kier alpha value is -1.87. The maximum atomic E-state index is 14.2. The van der Waals surface area contributed by atoms with Gasteiger partial charge in [0.2, 0.25) is 0 Å². The number of nitrogens with zero attached hydrogens (tertiary/aromatic N) is 2. The van der Waals surface area contributed by atoms with Crippen LogP contribution in [0.5, 0.6) is 0 Å². The summed E-state index contributed by atoms with van der Waals surface area (Å²) in [7, 11) is 0. The van der Waals surface area contributed by atoms with Gasteiger partial charge in [0.25, 0.3) is 5.56 Å². The molecule has 0 unspecified atom stereocenters. The van der Waals surface area contributed by atoms with Gasteiger partial charge < -0.3 is 15.9 Å². The lowest BCUT2D eigenvalue weighted by Gasteiger charge is -2.07. The third-order valence-electron chi connectivity index (χ3n) is 2.29. The first kappa shape index (κ1) is 14.5. The van der Waals surface area contributed by atoms with Crippen molar-refractivity contribution in [2.75, 3.05) is 0 Å². The molecule has 0 fully saturated rings. The van der Waals surface area contributed by atoms with Crippen LogP contribution in [0.4, 0.5) is 4.39 Å². The number of aromatic nitrogens is 2. The molecule has 0 saturated carbocycles. The molecule has 0 aliphatic rings. The van der Waals surface area contributed by atoms with Crippen molar-refractivity contribution in [3.63, 3.8) is 0 Å². The van der Waals surface area contributed by atoms with E-state index < -0.39 is 5.82 Å². The summed E-state index contributed by atoms with van der Waals surface area (Å²) < 4.78 is 14.2. The van der Waals surface area contributed by atoms with Crippen LogP contribution in [0.2, 0.25) is 0 Å². The Kier molecular flexibility index (Phi) is 4.40. The van der Waals surface area contributed by atoms with Crippen molar-refractivity contribution in [2.24, 2.45) is 10.9 Å². The average molecular weight is 359 g/mol. The number of aromatic amines is 1. The van der Waals surface area contributed by atoms with Gasteiger partial charge in [-0.15, -0.1) is 0 Å². The fourth-order valence-electron chi connectivity index (χ4n) is 1.37. The highest BCUT2D eigenvalue weighted by atomic mass is 79.9. The van der Waals surface area contributed by atoms with E-state index in [1.54, 1.807) is 0 Å². The Morgan fingerprint density at radius 2 is 2.25 bits per heavy atom. The number of halogens is 2. The molecule has 9 heteroatoms. The van der Waals surface area contributed by atoms with Gasteiger partial charge in [0.15, 0.2) is 16.8 Å². The molecule has 1 heterocycles. The van der Waals surface area contributed by atoms with E-state index in [0.29, 0.717) is 0 Å². The molecule has 0 bridgehead atoms. The molecular weight excluding hydrogens is 351 g/mol. The number of benzene rings is 1. The van der Waals surface area contributed by atoms with Crippen LogP contribution < -0.4 is 11.3 Å². The molecule has 20 heavy (non-hydrogen) atoms. The quantitative estimate of drug-likeness (QED) is 0.255. The molecular formula is C11H8BrFN4O2S. The highest BCUT2D eigenvalue weighted by Gasteiger charge is 2.15. The van der Waals surface area contributed by atoms with Gasteiger partial charge in [-0.1, -0.05) is 5.16 Å². The largest absolute Gasteiger partial charge is 0.409 e. The number of hydrogen-bond donors (Lipinski definition) is 3. The molecule has 0 aliphatic heterocycles. The second kappa shape index (κ2) is 6.06. The molecule has 0 saturated heterocycles. The maximum absolute atomic E-state index is 14.2. The number of H-pyrrole nitrogens is 1. The molecule has 1 aromatic carbocycles. The molecule has 0 spiro atoms. The summed E-state index contributed by atoms with van der Waals surface area (Å²) in [6.45, 7) is 0. The van der Waals surface area contributed by atoms with Crippen LogP contribution in [0.1, 0.15) is 5.56 Å². The predicted molar refractivity (Wildman–Crippen MR) is 75.6 cm³/mol. The third kappa shape index (κ3) is 2.99. The predicted octanol–water partition coefficient (Wildman–Crippen LogP) is 1.92. The van der Waals surface area contributed by atoms with Crippen LogP contribution in [-0.2, 0) is 0 Å². The van der Waals surface area contributed by atoms with Crippen LogP contribution in [-0.4, -0.2) is 21.0 Å². The molecule has 0 amide bonds. The van der Waals surface area contributed by atoms with Crippen molar-refractivity contribution in [2.45, 2.75) is 10.1 Å². The number of oxime groups is 1. The summed E-state index contributed by atoms with van der Waals surface area (Å²) in [5, 5.41) is 11.7. The summed E-state index contributed by atoms with van der Waals surface area (Å²) in [5.41, 5.74) is 5.33. The Labute approximate surface area is 125 Å². The van der Waals surface area contributed by atoms with Crippen LogP contribution in [0.25, 0.3) is 0 Å². The molecule has 4 N–H and O–H groups in total. The van der Waals surface area contributed by atoms with Crippen LogP contribution in [0.3, 0.4) is 0 Å². The highest BCUT2D eigenvalue weighted by Crippen LogP contribution is 2.32. The summed E-state index contributed by atoms with van der Waals surface area (Å²) in [6.07, 6.45) is 1.33. The van der Waals surface area contributed by atoms with Gasteiger partial charge >= 0.3 is 0 Å². The van der Waals surface area contributed by atoms with E-state index in [-0.39, 0.29) is 31.5 Å². The Bertz CT molecular complexity index is 735. The second-order valence-corrected chi connectivity index (χ2v) is 5.39. The lowest BCUT2D eigenvalue weighted by molar-refractivity contribution is 0.318. The van der Waals surface area contributed by atoms with Crippen molar-refractivity contribution in [1.82, 2.24) is 9.97 Å². The van der Waals surface area contributed by atoms with Crippen LogP contribution in [0, 0.1) is 5.82 Å². The van der Waals surface area contributed by atoms with Gasteiger partial charge in [0, 0.05) is 17.8 Å². The molecule has 0 radical (unpaired) electrons. The van der Waals surface area contributed by atoms with E-state index in [1.807, 2.05) is 0 Å². The molecule has 6 nitrogen and oxygen atoms in total. The van der Waals surface area contributed by atoms with Crippen molar-refractivity contribution >= 4 is 33.5 Å². The van der Waals surface area contributed by atoms with E-state index in [0.717, 1.165) is 11.8 Å². The minimum atomic E-state index is -0.592. The van der Waals surface area contributed by atoms with E-state index in [2.05, 4.69) is 31.1 Å². The lowest BCUT2D eigenvalue weighted by atomic mass is 10.2. The number of nitrogens with two attached hydrogens (primary N) is 1. The van der Waals surface area contributed by atoms with Crippen molar-refractivity contribution in [3.05, 3.63) is 50.6 Å². The fourth-order valence-corrected chi connectivity index (χ4v) is 2.85. The first-order valence-corrected chi connectivity index (χ1v) is 6.83. The zero-order valence-corrected chi connectivity index (χ0v) is 12.2. The average Bonchev–Trinajstić information content (AvgIpc) is 2.43. The summed E-state index contributed by atoms with van der Waals surface area (Å²) in [5.74, 6) is -0.802. The molecule has 104 valence electrons. The highest BCUT2D eigenvalue weighted by molar-refractivity contribution is 9.10. The van der Waals surface area contributed by atoms with Crippen molar-refractivity contribution in [3.8, 4) is 0 Å². The molecule has 1 aromatic heterocycles. The fraction of sp³-hybridized carbons (Fsp3) is 0. The van der Waals surface area contributed by atoms with E-state index >= 15 is 0 Å². The van der Waals surface area contributed by atoms with Gasteiger partial charge in [0.05, 0.1) is 9.37 Å². The van der Waals surface area contributed by atoms with Gasteiger partial charge in [-0.2, -0.15) is 0 Å². The van der Waals surface area contributed by atoms with Crippen molar-refractivity contribution < 1.29 is 9.60 Å². The summed E-state index contributed by atoms with van der Waals surface area (Å²) >= 11 is 4.00. The van der Waals surface area contributed by atoms with E-state index in [9.17, 15) is 9.18 Å². The Morgan fingerprint density at radius 1 is 1.50 bits per heavy atom. The standard InChI is InChI=1S/C11H8BrFN4O2S/c12-8-5(10(14)17-19)1-2-6(9(8)13)20-11-15-4-3-7(18)16-11/h1-4,19H,(H2,14,17)(H,15,16,18). The van der Waals surface area contributed by atoms with Crippen molar-refractivity contribution in [1.29, 1.82) is 0 Å². The van der Waals surface area contributed by atoms with E-state index in [4.69, 9.17) is 10.9 Å². The molecule has 2 rings (SSSR count). The molecule has 0 aliphatic carbocycles. The second-order valence-electron chi connectivity index (χ2n) is 3.57. The SMILES string of the molecule is N/C(=N/O)c1ccc(Sc2nccc(=O)[nH]2)c(F)c1Br. The number of hydrogen-bond acceptors (Lipinski definition) is 5. The topological polar surface area (TPSA) is 104 Å². The van der Waals surface area contributed by atoms with Gasteiger partial charge in [-0.05, 0) is 39.8 Å².